The quantitative estimate of drug-likeness (QED) is 0.315. The SMILES string of the molecule is CCCC(NC(=O)C1CCCCC1C(F)(F)F)C(N)=NO. The number of carbonyl (C=O) groups is 1. The van der Waals surface area contributed by atoms with E-state index in [9.17, 15) is 18.0 Å². The van der Waals surface area contributed by atoms with Gasteiger partial charge in [0.05, 0.1) is 12.0 Å². The number of amidine groups is 1. The molecule has 0 radical (unpaired) electrons. The molecule has 4 N–H and O–H groups in total. The van der Waals surface area contributed by atoms with Gasteiger partial charge in [0.15, 0.2) is 5.84 Å². The van der Waals surface area contributed by atoms with E-state index in [1.165, 1.54) is 0 Å². The molecule has 0 saturated heterocycles. The number of alkyl halides is 3. The molecule has 8 heteroatoms. The molecule has 0 heterocycles. The Morgan fingerprint density at radius 3 is 2.57 bits per heavy atom. The lowest BCUT2D eigenvalue weighted by atomic mass is 9.78. The van der Waals surface area contributed by atoms with Gasteiger partial charge in [-0.2, -0.15) is 13.2 Å². The summed E-state index contributed by atoms with van der Waals surface area (Å²) in [5.41, 5.74) is 5.46. The van der Waals surface area contributed by atoms with E-state index < -0.39 is 30.0 Å². The number of halogens is 3. The summed E-state index contributed by atoms with van der Waals surface area (Å²) < 4.78 is 39.0. The van der Waals surface area contributed by atoms with Crippen molar-refractivity contribution in [3.63, 3.8) is 0 Å². The Morgan fingerprint density at radius 1 is 1.43 bits per heavy atom. The van der Waals surface area contributed by atoms with Gasteiger partial charge in [-0.15, -0.1) is 0 Å². The van der Waals surface area contributed by atoms with Crippen LogP contribution in [0.4, 0.5) is 13.2 Å². The highest BCUT2D eigenvalue weighted by Crippen LogP contribution is 2.41. The smallest absolute Gasteiger partial charge is 0.392 e. The third-order valence-electron chi connectivity index (χ3n) is 3.89. The van der Waals surface area contributed by atoms with Gasteiger partial charge in [0, 0.05) is 5.92 Å². The number of carbonyl (C=O) groups excluding carboxylic acids is 1. The van der Waals surface area contributed by atoms with Crippen LogP contribution in [0.3, 0.4) is 0 Å². The minimum Gasteiger partial charge on any atom is -0.409 e. The molecule has 1 fully saturated rings. The van der Waals surface area contributed by atoms with Gasteiger partial charge in [-0.05, 0) is 19.3 Å². The zero-order valence-electron chi connectivity index (χ0n) is 12.0. The topological polar surface area (TPSA) is 87.7 Å². The Bertz CT molecular complexity index is 385. The standard InChI is InChI=1S/C13H22F3N3O2/c1-2-5-10(11(17)19-21)18-12(20)8-6-3-4-7-9(8)13(14,15)16/h8-10,21H,2-7H2,1H3,(H2,17,19)(H,18,20). The maximum atomic E-state index is 13.0. The first-order valence-corrected chi connectivity index (χ1v) is 7.15. The van der Waals surface area contributed by atoms with Gasteiger partial charge in [0.1, 0.15) is 0 Å². The molecule has 0 aromatic rings. The summed E-state index contributed by atoms with van der Waals surface area (Å²) in [6.07, 6.45) is -2.05. The summed E-state index contributed by atoms with van der Waals surface area (Å²) in [5.74, 6) is -3.56. The van der Waals surface area contributed by atoms with E-state index in [4.69, 9.17) is 10.9 Å². The van der Waals surface area contributed by atoms with Crippen molar-refractivity contribution in [2.75, 3.05) is 0 Å². The maximum Gasteiger partial charge on any atom is 0.392 e. The van der Waals surface area contributed by atoms with Crippen LogP contribution >= 0.6 is 0 Å². The monoisotopic (exact) mass is 309 g/mol. The number of nitrogens with zero attached hydrogens (tertiary/aromatic N) is 1. The molecule has 3 unspecified atom stereocenters. The van der Waals surface area contributed by atoms with Crippen LogP contribution in [0.25, 0.3) is 0 Å². The Balaban J connectivity index is 2.79. The van der Waals surface area contributed by atoms with Gasteiger partial charge in [0.25, 0.3) is 0 Å². The van der Waals surface area contributed by atoms with Crippen molar-refractivity contribution in [2.45, 2.75) is 57.7 Å². The largest absolute Gasteiger partial charge is 0.409 e. The second kappa shape index (κ2) is 7.51. The highest BCUT2D eigenvalue weighted by atomic mass is 19.4. The van der Waals surface area contributed by atoms with Crippen LogP contribution in [-0.4, -0.2) is 29.2 Å². The average molecular weight is 309 g/mol. The van der Waals surface area contributed by atoms with Gasteiger partial charge in [0.2, 0.25) is 5.91 Å². The molecular weight excluding hydrogens is 287 g/mol. The van der Waals surface area contributed by atoms with E-state index in [0.29, 0.717) is 25.7 Å². The Labute approximate surface area is 121 Å². The highest BCUT2D eigenvalue weighted by molar-refractivity contribution is 5.90. The number of nitrogens with one attached hydrogen (secondary N) is 1. The Morgan fingerprint density at radius 2 is 2.05 bits per heavy atom. The minimum absolute atomic E-state index is 0.0242. The third-order valence-corrected chi connectivity index (χ3v) is 3.89. The van der Waals surface area contributed by atoms with Crippen molar-refractivity contribution >= 4 is 11.7 Å². The van der Waals surface area contributed by atoms with Crippen molar-refractivity contribution < 1.29 is 23.2 Å². The fourth-order valence-electron chi connectivity index (χ4n) is 2.77. The van der Waals surface area contributed by atoms with Gasteiger partial charge in [-0.1, -0.05) is 31.3 Å². The number of rotatable bonds is 5. The molecule has 5 nitrogen and oxygen atoms in total. The molecule has 0 aliphatic heterocycles. The Kier molecular flexibility index (Phi) is 6.29. The first kappa shape index (κ1) is 17.6. The number of amides is 1. The van der Waals surface area contributed by atoms with Crippen LogP contribution in [0, 0.1) is 11.8 Å². The molecule has 122 valence electrons. The van der Waals surface area contributed by atoms with Crippen LogP contribution in [0.2, 0.25) is 0 Å². The first-order chi connectivity index (χ1) is 9.81. The summed E-state index contributed by atoms with van der Waals surface area (Å²) in [5, 5.41) is 14.0. The first-order valence-electron chi connectivity index (χ1n) is 7.15. The van der Waals surface area contributed by atoms with Crippen LogP contribution in [-0.2, 0) is 4.79 Å². The number of oxime groups is 1. The van der Waals surface area contributed by atoms with E-state index in [0.717, 1.165) is 0 Å². The fraction of sp³-hybridized carbons (Fsp3) is 0.846. The molecule has 1 rings (SSSR count). The molecule has 0 spiro atoms. The lowest BCUT2D eigenvalue weighted by molar-refractivity contribution is -0.198. The lowest BCUT2D eigenvalue weighted by Crippen LogP contribution is -2.50. The normalized spacial score (nSPS) is 25.4. The van der Waals surface area contributed by atoms with Crippen molar-refractivity contribution in [3.05, 3.63) is 0 Å². The van der Waals surface area contributed by atoms with Crippen LogP contribution in [0.15, 0.2) is 5.16 Å². The molecule has 1 amide bonds. The fourth-order valence-corrected chi connectivity index (χ4v) is 2.77. The zero-order chi connectivity index (χ0) is 16.0. The zero-order valence-corrected chi connectivity index (χ0v) is 12.0. The molecule has 0 bridgehead atoms. The van der Waals surface area contributed by atoms with Crippen molar-refractivity contribution in [1.29, 1.82) is 0 Å². The molecule has 0 aromatic carbocycles. The maximum absolute atomic E-state index is 13.0. The second-order valence-corrected chi connectivity index (χ2v) is 5.41. The molecule has 1 aliphatic carbocycles. The summed E-state index contributed by atoms with van der Waals surface area (Å²) in [6, 6.07) is -0.733. The summed E-state index contributed by atoms with van der Waals surface area (Å²) in [4.78, 5) is 12.2. The molecule has 21 heavy (non-hydrogen) atoms. The van der Waals surface area contributed by atoms with E-state index in [2.05, 4.69) is 10.5 Å². The van der Waals surface area contributed by atoms with E-state index in [-0.39, 0.29) is 18.7 Å². The van der Waals surface area contributed by atoms with Crippen molar-refractivity contribution in [2.24, 2.45) is 22.7 Å². The lowest BCUT2D eigenvalue weighted by Gasteiger charge is -2.33. The molecular formula is C13H22F3N3O2. The van der Waals surface area contributed by atoms with Gasteiger partial charge < -0.3 is 16.3 Å². The van der Waals surface area contributed by atoms with Gasteiger partial charge >= 0.3 is 6.18 Å². The third kappa shape index (κ3) is 4.78. The summed E-state index contributed by atoms with van der Waals surface area (Å²) in [7, 11) is 0. The van der Waals surface area contributed by atoms with Gasteiger partial charge in [-0.3, -0.25) is 4.79 Å². The van der Waals surface area contributed by atoms with E-state index in [1.54, 1.807) is 0 Å². The Hall–Kier alpha value is -1.47. The summed E-state index contributed by atoms with van der Waals surface area (Å²) >= 11 is 0. The summed E-state index contributed by atoms with van der Waals surface area (Å²) in [6.45, 7) is 1.84. The van der Waals surface area contributed by atoms with Crippen LogP contribution < -0.4 is 11.1 Å². The van der Waals surface area contributed by atoms with Crippen molar-refractivity contribution in [1.82, 2.24) is 5.32 Å². The van der Waals surface area contributed by atoms with Gasteiger partial charge in [-0.25, -0.2) is 0 Å². The number of hydrogen-bond acceptors (Lipinski definition) is 3. The number of nitrogens with two attached hydrogens (primary N) is 1. The van der Waals surface area contributed by atoms with Crippen LogP contribution in [0.1, 0.15) is 45.4 Å². The van der Waals surface area contributed by atoms with Crippen molar-refractivity contribution in [3.8, 4) is 0 Å². The second-order valence-electron chi connectivity index (χ2n) is 5.41. The average Bonchev–Trinajstić information content (AvgIpc) is 2.45. The van der Waals surface area contributed by atoms with E-state index in [1.807, 2.05) is 6.92 Å². The molecule has 1 aliphatic rings. The highest BCUT2D eigenvalue weighted by Gasteiger charge is 2.48. The molecule has 0 aromatic heterocycles. The van der Waals surface area contributed by atoms with Crippen LogP contribution in [0.5, 0.6) is 0 Å². The molecule has 1 saturated carbocycles. The van der Waals surface area contributed by atoms with E-state index >= 15 is 0 Å². The molecule has 3 atom stereocenters. The predicted octanol–water partition coefficient (Wildman–Crippen LogP) is 2.39. The number of hydrogen-bond donors (Lipinski definition) is 3. The predicted molar refractivity (Wildman–Crippen MR) is 71.8 cm³/mol. The minimum atomic E-state index is -4.38.